The first-order valence-corrected chi connectivity index (χ1v) is 18.2. The molecule has 5 heteroatoms. The zero-order chi connectivity index (χ0) is 30.9. The lowest BCUT2D eigenvalue weighted by Crippen LogP contribution is -2.40. The molecule has 0 spiro atoms. The first-order chi connectivity index (χ1) is 20.6. The van der Waals surface area contributed by atoms with Gasteiger partial charge in [-0.15, -0.1) is 0 Å². The summed E-state index contributed by atoms with van der Waals surface area (Å²) in [6.45, 7) is 3.92. The number of esters is 1. The third-order valence-corrected chi connectivity index (χ3v) is 8.28. The number of hydrogen-bond donors (Lipinski definition) is 2. The fourth-order valence-electron chi connectivity index (χ4n) is 5.45. The molecule has 0 amide bonds. The van der Waals surface area contributed by atoms with Crippen LogP contribution in [0, 0.1) is 0 Å². The van der Waals surface area contributed by atoms with E-state index in [4.69, 9.17) is 4.74 Å². The first-order valence-electron chi connectivity index (χ1n) is 18.2. The number of ether oxygens (including phenoxy) is 1. The van der Waals surface area contributed by atoms with Crippen molar-refractivity contribution in [2.75, 3.05) is 6.61 Å². The quantitative estimate of drug-likeness (QED) is 0.0448. The molecule has 0 aliphatic carbocycles. The van der Waals surface area contributed by atoms with Crippen molar-refractivity contribution < 1.29 is 24.5 Å². The predicted molar refractivity (Wildman–Crippen MR) is 178 cm³/mol. The Morgan fingerprint density at radius 1 is 0.548 bits per heavy atom. The van der Waals surface area contributed by atoms with E-state index >= 15 is 0 Å². The Bertz CT molecular complexity index is 617. The molecule has 0 aliphatic heterocycles. The lowest BCUT2D eigenvalue weighted by molar-refractivity contribution is -0.163. The van der Waals surface area contributed by atoms with E-state index in [2.05, 4.69) is 26.0 Å². The van der Waals surface area contributed by atoms with Gasteiger partial charge in [0.1, 0.15) is 6.10 Å². The van der Waals surface area contributed by atoms with Gasteiger partial charge in [0.2, 0.25) is 0 Å². The zero-order valence-corrected chi connectivity index (χ0v) is 27.9. The van der Waals surface area contributed by atoms with Crippen LogP contribution < -0.4 is 0 Å². The monoisotopic (exact) mass is 595 g/mol. The largest absolute Gasteiger partial charge is 0.451 e. The molecular weight excluding hydrogens is 524 g/mol. The van der Waals surface area contributed by atoms with Gasteiger partial charge in [0.05, 0.1) is 6.61 Å². The molecule has 0 saturated heterocycles. The van der Waals surface area contributed by atoms with Crippen LogP contribution >= 0.6 is 0 Å². The summed E-state index contributed by atoms with van der Waals surface area (Å²) in [4.78, 5) is 25.0. The topological polar surface area (TPSA) is 83.8 Å². The van der Waals surface area contributed by atoms with E-state index in [0.717, 1.165) is 51.4 Å². The average molecular weight is 595 g/mol. The van der Waals surface area contributed by atoms with Gasteiger partial charge >= 0.3 is 5.97 Å². The van der Waals surface area contributed by atoms with Crippen LogP contribution in [0.3, 0.4) is 0 Å². The van der Waals surface area contributed by atoms with E-state index in [1.54, 1.807) is 0 Å². The molecule has 0 rings (SSSR count). The maximum atomic E-state index is 12.6. The van der Waals surface area contributed by atoms with Crippen molar-refractivity contribution in [3.05, 3.63) is 12.2 Å². The van der Waals surface area contributed by atoms with E-state index in [1.165, 1.54) is 116 Å². The van der Waals surface area contributed by atoms with Crippen LogP contribution in [-0.4, -0.2) is 40.8 Å². The Kier molecular flexibility index (Phi) is 31.8. The van der Waals surface area contributed by atoms with E-state index in [-0.39, 0.29) is 18.6 Å². The number of hydrogen-bond acceptors (Lipinski definition) is 5. The molecule has 5 nitrogen and oxygen atoms in total. The van der Waals surface area contributed by atoms with Gasteiger partial charge in [-0.2, -0.15) is 0 Å². The highest BCUT2D eigenvalue weighted by molar-refractivity contribution is 5.86. The lowest BCUT2D eigenvalue weighted by atomic mass is 10.0. The SMILES string of the molecule is CCCCCCCCC=CCCCCCCCC(=O)O[C@H](C(=O)CCCCCCCCCCCCCCC)[C@@H](O)CO. The van der Waals surface area contributed by atoms with Crippen LogP contribution in [0.1, 0.15) is 194 Å². The number of carbonyl (C=O) groups is 2. The Morgan fingerprint density at radius 2 is 0.905 bits per heavy atom. The van der Waals surface area contributed by atoms with Crippen molar-refractivity contribution in [3.63, 3.8) is 0 Å². The lowest BCUT2D eigenvalue weighted by Gasteiger charge is -2.20. The summed E-state index contributed by atoms with van der Waals surface area (Å²) in [5, 5.41) is 19.5. The molecule has 0 aromatic rings. The molecule has 2 N–H and O–H groups in total. The minimum atomic E-state index is -1.35. The molecule has 0 heterocycles. The number of Topliss-reactive ketones (excluding diaryl/α,β-unsaturated/α-hetero) is 1. The minimum Gasteiger partial charge on any atom is -0.451 e. The Balaban J connectivity index is 3.82. The van der Waals surface area contributed by atoms with Gasteiger partial charge in [0, 0.05) is 12.8 Å². The summed E-state index contributed by atoms with van der Waals surface area (Å²) in [7, 11) is 0. The predicted octanol–water partition coefficient (Wildman–Crippen LogP) is 10.3. The molecule has 0 aromatic carbocycles. The van der Waals surface area contributed by atoms with Crippen LogP contribution in [-0.2, 0) is 14.3 Å². The molecule has 248 valence electrons. The van der Waals surface area contributed by atoms with Gasteiger partial charge in [-0.1, -0.05) is 154 Å². The maximum Gasteiger partial charge on any atom is 0.306 e. The number of ketones is 1. The van der Waals surface area contributed by atoms with E-state index in [9.17, 15) is 19.8 Å². The van der Waals surface area contributed by atoms with Crippen LogP contribution in [0.5, 0.6) is 0 Å². The van der Waals surface area contributed by atoms with Gasteiger partial charge in [-0.3, -0.25) is 9.59 Å². The van der Waals surface area contributed by atoms with Crippen LogP contribution in [0.2, 0.25) is 0 Å². The third-order valence-electron chi connectivity index (χ3n) is 8.28. The van der Waals surface area contributed by atoms with E-state index < -0.39 is 24.8 Å². The van der Waals surface area contributed by atoms with Crippen molar-refractivity contribution in [2.45, 2.75) is 206 Å². The fraction of sp³-hybridized carbons (Fsp3) is 0.892. The van der Waals surface area contributed by atoms with Gasteiger partial charge in [0.25, 0.3) is 0 Å². The number of aliphatic hydroxyl groups excluding tert-OH is 2. The summed E-state index contributed by atoms with van der Waals surface area (Å²) in [5.41, 5.74) is 0. The van der Waals surface area contributed by atoms with Gasteiger partial charge in [-0.05, 0) is 38.5 Å². The highest BCUT2D eigenvalue weighted by Gasteiger charge is 2.29. The van der Waals surface area contributed by atoms with Crippen LogP contribution in [0.4, 0.5) is 0 Å². The van der Waals surface area contributed by atoms with E-state index in [0.29, 0.717) is 0 Å². The Labute approximate surface area is 260 Å². The second kappa shape index (κ2) is 32.7. The molecular formula is C37H70O5. The molecule has 0 aliphatic rings. The number of allylic oxidation sites excluding steroid dienone is 2. The maximum absolute atomic E-state index is 12.6. The Morgan fingerprint density at radius 3 is 1.31 bits per heavy atom. The van der Waals surface area contributed by atoms with Gasteiger partial charge in [-0.25, -0.2) is 0 Å². The zero-order valence-electron chi connectivity index (χ0n) is 27.9. The summed E-state index contributed by atoms with van der Waals surface area (Å²) >= 11 is 0. The average Bonchev–Trinajstić information content (AvgIpc) is 2.99. The standard InChI is InChI=1S/C37H70O5/c1-3-5-7-9-11-13-15-17-18-20-22-24-26-28-30-32-36(41)42-37(35(40)33-38)34(39)31-29-27-25-23-21-19-16-14-12-10-8-6-4-2/h17-18,35,37-38,40H,3-16,19-33H2,1-2H3/t35-,37+/m0/s1. The highest BCUT2D eigenvalue weighted by Crippen LogP contribution is 2.16. The molecule has 2 atom stereocenters. The molecule has 0 saturated carbocycles. The smallest absolute Gasteiger partial charge is 0.306 e. The Hall–Kier alpha value is -1.20. The number of carbonyl (C=O) groups excluding carboxylic acids is 2. The van der Waals surface area contributed by atoms with Crippen molar-refractivity contribution >= 4 is 11.8 Å². The van der Waals surface area contributed by atoms with E-state index in [1.807, 2.05) is 0 Å². The molecule has 0 radical (unpaired) electrons. The molecule has 0 fully saturated rings. The number of unbranched alkanes of at least 4 members (excludes halogenated alkanes) is 23. The minimum absolute atomic E-state index is 0.249. The summed E-state index contributed by atoms with van der Waals surface area (Å²) in [6.07, 6.45) is 34.1. The highest BCUT2D eigenvalue weighted by atomic mass is 16.6. The number of rotatable bonds is 33. The summed E-state index contributed by atoms with van der Waals surface area (Å²) in [5.74, 6) is -0.735. The molecule has 0 aromatic heterocycles. The molecule has 0 unspecified atom stereocenters. The second-order valence-electron chi connectivity index (χ2n) is 12.5. The van der Waals surface area contributed by atoms with Gasteiger partial charge < -0.3 is 14.9 Å². The van der Waals surface area contributed by atoms with Crippen LogP contribution in [0.25, 0.3) is 0 Å². The van der Waals surface area contributed by atoms with Crippen LogP contribution in [0.15, 0.2) is 12.2 Å². The summed E-state index contributed by atoms with van der Waals surface area (Å²) < 4.78 is 5.34. The van der Waals surface area contributed by atoms with Crippen molar-refractivity contribution in [2.24, 2.45) is 0 Å². The van der Waals surface area contributed by atoms with Gasteiger partial charge in [0.15, 0.2) is 11.9 Å². The van der Waals surface area contributed by atoms with Crippen molar-refractivity contribution in [1.29, 1.82) is 0 Å². The first kappa shape index (κ1) is 40.8. The van der Waals surface area contributed by atoms with Crippen molar-refractivity contribution in [3.8, 4) is 0 Å². The molecule has 42 heavy (non-hydrogen) atoms. The van der Waals surface area contributed by atoms with Crippen molar-refractivity contribution in [1.82, 2.24) is 0 Å². The summed E-state index contributed by atoms with van der Waals surface area (Å²) in [6, 6.07) is 0. The third kappa shape index (κ3) is 27.6. The molecule has 0 bridgehead atoms. The number of aliphatic hydroxyl groups is 2. The normalized spacial score (nSPS) is 13.0. The fourth-order valence-corrected chi connectivity index (χ4v) is 5.45. The second-order valence-corrected chi connectivity index (χ2v) is 12.5.